The fourth-order valence-corrected chi connectivity index (χ4v) is 1.19. The molecule has 5 nitrogen and oxygen atoms in total. The van der Waals surface area contributed by atoms with Gasteiger partial charge in [0.05, 0.1) is 5.69 Å². The van der Waals surface area contributed by atoms with Crippen molar-refractivity contribution in [2.75, 3.05) is 0 Å². The fourth-order valence-electron chi connectivity index (χ4n) is 1.19. The largest absolute Gasteiger partial charge is 0.477 e. The Labute approximate surface area is 87.2 Å². The van der Waals surface area contributed by atoms with Crippen LogP contribution in [0.2, 0.25) is 0 Å². The molecular formula is C10H14N2O3. The third-order valence-corrected chi connectivity index (χ3v) is 2.02. The number of H-pyrrole nitrogens is 1. The first-order valence-electron chi connectivity index (χ1n) is 4.58. The number of aryl methyl sites for hydroxylation is 1. The Balaban J connectivity index is 3.46. The lowest BCUT2D eigenvalue weighted by atomic mass is 9.95. The molecule has 0 fully saturated rings. The third-order valence-electron chi connectivity index (χ3n) is 2.02. The molecule has 2 N–H and O–H groups in total. The average Bonchev–Trinajstić information content (AvgIpc) is 1.99. The molecular weight excluding hydrogens is 196 g/mol. The number of nitrogens with zero attached hydrogens (tertiary/aromatic N) is 1. The van der Waals surface area contributed by atoms with E-state index in [0.29, 0.717) is 5.82 Å². The van der Waals surface area contributed by atoms with Gasteiger partial charge in [-0.25, -0.2) is 9.78 Å². The molecule has 0 spiro atoms. The summed E-state index contributed by atoms with van der Waals surface area (Å²) in [5, 5.41) is 8.78. The number of carboxylic acids is 1. The molecule has 0 bridgehead atoms. The van der Waals surface area contributed by atoms with Crippen molar-refractivity contribution in [3.8, 4) is 0 Å². The Bertz CT molecular complexity index is 455. The predicted octanol–water partition coefficient (Wildman–Crippen LogP) is 1.07. The average molecular weight is 210 g/mol. The van der Waals surface area contributed by atoms with Gasteiger partial charge < -0.3 is 10.1 Å². The zero-order valence-corrected chi connectivity index (χ0v) is 9.21. The highest BCUT2D eigenvalue weighted by atomic mass is 16.4. The van der Waals surface area contributed by atoms with Gasteiger partial charge in [0.15, 0.2) is 0 Å². The van der Waals surface area contributed by atoms with Gasteiger partial charge in [-0.15, -0.1) is 0 Å². The number of carboxylic acid groups (broad SMARTS) is 1. The Morgan fingerprint density at radius 2 is 1.93 bits per heavy atom. The summed E-state index contributed by atoms with van der Waals surface area (Å²) >= 11 is 0. The summed E-state index contributed by atoms with van der Waals surface area (Å²) in [5.74, 6) is -0.753. The monoisotopic (exact) mass is 210 g/mol. The molecule has 0 amide bonds. The maximum absolute atomic E-state index is 11.5. The standard InChI is InChI=1S/C10H14N2O3/c1-5-6(8(14)15)7(13)12-9(11-5)10(2,3)4/h1-4H3,(H,14,15)(H,11,12,13). The molecule has 0 aliphatic heterocycles. The van der Waals surface area contributed by atoms with Crippen LogP contribution in [0.4, 0.5) is 0 Å². The van der Waals surface area contributed by atoms with E-state index < -0.39 is 11.5 Å². The molecule has 0 aromatic carbocycles. The Kier molecular flexibility index (Phi) is 2.66. The summed E-state index contributed by atoms with van der Waals surface area (Å²) in [7, 11) is 0. The maximum atomic E-state index is 11.5. The van der Waals surface area contributed by atoms with E-state index in [4.69, 9.17) is 5.11 Å². The zero-order valence-electron chi connectivity index (χ0n) is 9.21. The first-order chi connectivity index (χ1) is 6.73. The lowest BCUT2D eigenvalue weighted by Gasteiger charge is -2.17. The quantitative estimate of drug-likeness (QED) is 0.726. The van der Waals surface area contributed by atoms with Crippen molar-refractivity contribution in [2.45, 2.75) is 33.1 Å². The Morgan fingerprint density at radius 1 is 1.40 bits per heavy atom. The minimum absolute atomic E-state index is 0.246. The normalized spacial score (nSPS) is 11.5. The molecule has 0 saturated heterocycles. The van der Waals surface area contributed by atoms with E-state index in [2.05, 4.69) is 9.97 Å². The third kappa shape index (κ3) is 2.23. The second kappa shape index (κ2) is 3.49. The van der Waals surface area contributed by atoms with Crippen molar-refractivity contribution >= 4 is 5.97 Å². The van der Waals surface area contributed by atoms with E-state index in [1.165, 1.54) is 6.92 Å². The highest BCUT2D eigenvalue weighted by Crippen LogP contribution is 2.17. The molecule has 1 aromatic heterocycles. The van der Waals surface area contributed by atoms with Crippen molar-refractivity contribution in [2.24, 2.45) is 0 Å². The molecule has 0 unspecified atom stereocenters. The molecule has 1 heterocycles. The maximum Gasteiger partial charge on any atom is 0.343 e. The molecule has 15 heavy (non-hydrogen) atoms. The smallest absolute Gasteiger partial charge is 0.343 e. The van der Waals surface area contributed by atoms with Gasteiger partial charge >= 0.3 is 5.97 Å². The predicted molar refractivity (Wildman–Crippen MR) is 55.3 cm³/mol. The van der Waals surface area contributed by atoms with E-state index in [9.17, 15) is 9.59 Å². The molecule has 5 heteroatoms. The highest BCUT2D eigenvalue weighted by Gasteiger charge is 2.21. The van der Waals surface area contributed by atoms with E-state index in [1.54, 1.807) is 0 Å². The number of hydrogen-bond acceptors (Lipinski definition) is 3. The SMILES string of the molecule is Cc1nc(C(C)(C)C)[nH]c(=O)c1C(=O)O. The molecule has 0 radical (unpaired) electrons. The van der Waals surface area contributed by atoms with Crippen molar-refractivity contribution in [3.05, 3.63) is 27.4 Å². The summed E-state index contributed by atoms with van der Waals surface area (Å²) in [4.78, 5) is 28.8. The van der Waals surface area contributed by atoms with Gasteiger partial charge in [0, 0.05) is 5.41 Å². The van der Waals surface area contributed by atoms with Crippen LogP contribution in [0.25, 0.3) is 0 Å². The van der Waals surface area contributed by atoms with Crippen molar-refractivity contribution < 1.29 is 9.90 Å². The van der Waals surface area contributed by atoms with Crippen LogP contribution in [-0.4, -0.2) is 21.0 Å². The van der Waals surface area contributed by atoms with E-state index in [1.807, 2.05) is 20.8 Å². The minimum atomic E-state index is -1.25. The van der Waals surface area contributed by atoms with Crippen LogP contribution in [0.15, 0.2) is 4.79 Å². The van der Waals surface area contributed by atoms with E-state index in [0.717, 1.165) is 0 Å². The first-order valence-corrected chi connectivity index (χ1v) is 4.58. The molecule has 82 valence electrons. The molecule has 0 aliphatic carbocycles. The molecule has 1 rings (SSSR count). The van der Waals surface area contributed by atoms with Crippen LogP contribution in [0.3, 0.4) is 0 Å². The van der Waals surface area contributed by atoms with E-state index >= 15 is 0 Å². The number of nitrogens with one attached hydrogen (secondary N) is 1. The summed E-state index contributed by atoms with van der Waals surface area (Å²) < 4.78 is 0. The number of aromatic amines is 1. The molecule has 0 aliphatic rings. The number of carbonyl (C=O) groups is 1. The van der Waals surface area contributed by atoms with Gasteiger partial charge in [-0.3, -0.25) is 4.79 Å². The van der Waals surface area contributed by atoms with Crippen molar-refractivity contribution in [1.82, 2.24) is 9.97 Å². The van der Waals surface area contributed by atoms with Gasteiger partial charge in [0.1, 0.15) is 11.4 Å². The summed E-state index contributed by atoms with van der Waals surface area (Å²) in [5.41, 5.74) is -0.944. The van der Waals surface area contributed by atoms with Gasteiger partial charge in [0.25, 0.3) is 5.56 Å². The lowest BCUT2D eigenvalue weighted by Crippen LogP contribution is -2.27. The number of rotatable bonds is 1. The van der Waals surface area contributed by atoms with Crippen LogP contribution in [0.5, 0.6) is 0 Å². The number of aromatic carboxylic acids is 1. The molecule has 1 aromatic rings. The summed E-state index contributed by atoms with van der Waals surface area (Å²) in [6, 6.07) is 0. The van der Waals surface area contributed by atoms with Crippen LogP contribution < -0.4 is 5.56 Å². The number of hydrogen-bond donors (Lipinski definition) is 2. The van der Waals surface area contributed by atoms with Gasteiger partial charge in [-0.05, 0) is 6.92 Å². The molecule has 0 atom stereocenters. The van der Waals surface area contributed by atoms with Gasteiger partial charge in [-0.2, -0.15) is 0 Å². The lowest BCUT2D eigenvalue weighted by molar-refractivity contribution is 0.0693. The Hall–Kier alpha value is -1.65. The van der Waals surface area contributed by atoms with Crippen LogP contribution in [0.1, 0.15) is 42.6 Å². The first kappa shape index (κ1) is 11.4. The van der Waals surface area contributed by atoms with Crippen LogP contribution in [-0.2, 0) is 5.41 Å². The van der Waals surface area contributed by atoms with Crippen LogP contribution in [0, 0.1) is 6.92 Å². The topological polar surface area (TPSA) is 83.0 Å². The van der Waals surface area contributed by atoms with E-state index in [-0.39, 0.29) is 16.7 Å². The van der Waals surface area contributed by atoms with Gasteiger partial charge in [-0.1, -0.05) is 20.8 Å². The molecule has 0 saturated carbocycles. The minimum Gasteiger partial charge on any atom is -0.477 e. The van der Waals surface area contributed by atoms with Crippen molar-refractivity contribution in [1.29, 1.82) is 0 Å². The second-order valence-electron chi connectivity index (χ2n) is 4.43. The summed E-state index contributed by atoms with van der Waals surface area (Å²) in [6.45, 7) is 7.20. The Morgan fingerprint density at radius 3 is 2.27 bits per heavy atom. The van der Waals surface area contributed by atoms with Crippen LogP contribution >= 0.6 is 0 Å². The second-order valence-corrected chi connectivity index (χ2v) is 4.43. The zero-order chi connectivity index (χ0) is 11.8. The highest BCUT2D eigenvalue weighted by molar-refractivity contribution is 5.88. The van der Waals surface area contributed by atoms with Crippen molar-refractivity contribution in [3.63, 3.8) is 0 Å². The fraction of sp³-hybridized carbons (Fsp3) is 0.500. The number of aromatic nitrogens is 2. The summed E-state index contributed by atoms with van der Waals surface area (Å²) in [6.07, 6.45) is 0. The van der Waals surface area contributed by atoms with Gasteiger partial charge in [0.2, 0.25) is 0 Å².